The number of allylic oxidation sites excluding steroid dienone is 1. The molecule has 0 aliphatic carbocycles. The first-order chi connectivity index (χ1) is 15.3. The summed E-state index contributed by atoms with van der Waals surface area (Å²) in [5, 5.41) is 18.6. The van der Waals surface area contributed by atoms with Crippen molar-refractivity contribution < 1.29 is 13.2 Å². The summed E-state index contributed by atoms with van der Waals surface area (Å²) in [6, 6.07) is 7.39. The summed E-state index contributed by atoms with van der Waals surface area (Å²) in [5.74, 6) is 0.519. The van der Waals surface area contributed by atoms with E-state index < -0.39 is 9.84 Å². The smallest absolute Gasteiger partial charge is 0.237 e. The van der Waals surface area contributed by atoms with Crippen LogP contribution in [-0.4, -0.2) is 52.9 Å². The Morgan fingerprint density at radius 2 is 2.25 bits per heavy atom. The van der Waals surface area contributed by atoms with E-state index in [1.807, 2.05) is 17.6 Å². The molecule has 1 fully saturated rings. The fraction of sp³-hybridized carbons (Fsp3) is 0.429. The summed E-state index contributed by atoms with van der Waals surface area (Å²) in [5.41, 5.74) is 1.52. The molecule has 2 heterocycles. The van der Waals surface area contributed by atoms with Crippen molar-refractivity contribution in [2.24, 2.45) is 0 Å². The van der Waals surface area contributed by atoms with E-state index in [9.17, 15) is 13.2 Å². The van der Waals surface area contributed by atoms with Gasteiger partial charge in [0, 0.05) is 29.7 Å². The van der Waals surface area contributed by atoms with Crippen molar-refractivity contribution in [3.8, 4) is 6.07 Å². The van der Waals surface area contributed by atoms with E-state index in [-0.39, 0.29) is 42.0 Å². The Bertz CT molecular complexity index is 1160. The number of nitriles is 1. The maximum Gasteiger partial charge on any atom is 0.237 e. The van der Waals surface area contributed by atoms with Gasteiger partial charge >= 0.3 is 0 Å². The van der Waals surface area contributed by atoms with E-state index in [1.54, 1.807) is 23.1 Å². The summed E-state index contributed by atoms with van der Waals surface area (Å²) in [6.45, 7) is 6.31. The molecule has 0 spiro atoms. The zero-order chi connectivity index (χ0) is 23.3. The van der Waals surface area contributed by atoms with Crippen LogP contribution in [0.5, 0.6) is 0 Å². The number of aryl methyl sites for hydroxylation is 1. The van der Waals surface area contributed by atoms with Crippen LogP contribution in [0.15, 0.2) is 36.0 Å². The van der Waals surface area contributed by atoms with Crippen molar-refractivity contribution in [3.05, 3.63) is 47.3 Å². The number of benzene rings is 1. The molecule has 1 atom stereocenters. The van der Waals surface area contributed by atoms with Crippen LogP contribution in [0.4, 0.5) is 5.69 Å². The van der Waals surface area contributed by atoms with Crippen LogP contribution in [0.1, 0.15) is 30.1 Å². The number of anilines is 1. The molecule has 1 aliphatic rings. The zero-order valence-corrected chi connectivity index (χ0v) is 20.1. The number of aromatic nitrogens is 3. The number of carbonyl (C=O) groups excluding carboxylic acids is 1. The molecule has 32 heavy (non-hydrogen) atoms. The van der Waals surface area contributed by atoms with Crippen molar-refractivity contribution >= 4 is 44.8 Å². The second kappa shape index (κ2) is 10.5. The quantitative estimate of drug-likeness (QED) is 0.389. The van der Waals surface area contributed by atoms with E-state index in [4.69, 9.17) is 16.9 Å². The van der Waals surface area contributed by atoms with Crippen LogP contribution in [0.25, 0.3) is 0 Å². The van der Waals surface area contributed by atoms with E-state index in [2.05, 4.69) is 22.8 Å². The van der Waals surface area contributed by atoms with Crippen LogP contribution in [0.2, 0.25) is 5.02 Å². The second-order valence-electron chi connectivity index (χ2n) is 7.52. The molecule has 0 bridgehead atoms. The Balaban J connectivity index is 1.77. The van der Waals surface area contributed by atoms with Gasteiger partial charge < -0.3 is 9.47 Å². The Morgan fingerprint density at radius 1 is 1.47 bits per heavy atom. The number of hydrogen-bond acceptors (Lipinski definition) is 7. The van der Waals surface area contributed by atoms with Gasteiger partial charge in [0.1, 0.15) is 5.82 Å². The van der Waals surface area contributed by atoms with Crippen molar-refractivity contribution in [1.82, 2.24) is 14.8 Å². The van der Waals surface area contributed by atoms with Gasteiger partial charge in [-0.1, -0.05) is 29.4 Å². The average Bonchev–Trinajstić information content (AvgIpc) is 3.32. The molecule has 8 nitrogen and oxygen atoms in total. The predicted octanol–water partition coefficient (Wildman–Crippen LogP) is 3.37. The minimum atomic E-state index is -3.06. The van der Waals surface area contributed by atoms with Gasteiger partial charge in [-0.2, -0.15) is 5.26 Å². The summed E-state index contributed by atoms with van der Waals surface area (Å²) >= 11 is 7.34. The summed E-state index contributed by atoms with van der Waals surface area (Å²) in [6.07, 6.45) is 2.40. The summed E-state index contributed by atoms with van der Waals surface area (Å²) < 4.78 is 25.6. The first kappa shape index (κ1) is 24.3. The van der Waals surface area contributed by atoms with Gasteiger partial charge in [-0.15, -0.1) is 16.8 Å². The molecule has 1 aromatic carbocycles. The van der Waals surface area contributed by atoms with Gasteiger partial charge in [0.25, 0.3) is 0 Å². The van der Waals surface area contributed by atoms with Crippen molar-refractivity contribution in [1.29, 1.82) is 5.26 Å². The third kappa shape index (κ3) is 5.71. The molecule has 1 saturated heterocycles. The lowest BCUT2D eigenvalue weighted by molar-refractivity contribution is -0.116. The van der Waals surface area contributed by atoms with Crippen molar-refractivity contribution in [2.45, 2.75) is 37.4 Å². The van der Waals surface area contributed by atoms with Gasteiger partial charge in [0.2, 0.25) is 5.91 Å². The number of nitrogens with zero attached hydrogens (tertiary/aromatic N) is 5. The molecule has 170 valence electrons. The fourth-order valence-electron chi connectivity index (χ4n) is 3.57. The molecule has 2 aromatic rings. The van der Waals surface area contributed by atoms with Crippen LogP contribution < -0.4 is 4.90 Å². The summed E-state index contributed by atoms with van der Waals surface area (Å²) in [7, 11) is -3.06. The molecule has 1 unspecified atom stereocenters. The normalized spacial score (nSPS) is 17.1. The largest absolute Gasteiger partial charge is 0.311 e. The molecule has 11 heteroatoms. The van der Waals surface area contributed by atoms with Gasteiger partial charge in [0.05, 0.1) is 29.7 Å². The van der Waals surface area contributed by atoms with Crippen LogP contribution in [0, 0.1) is 18.3 Å². The Morgan fingerprint density at radius 3 is 2.88 bits per heavy atom. The number of halogens is 1. The van der Waals surface area contributed by atoms with Crippen molar-refractivity contribution in [3.63, 3.8) is 0 Å². The van der Waals surface area contributed by atoms with Crippen LogP contribution in [-0.2, 0) is 21.2 Å². The zero-order valence-electron chi connectivity index (χ0n) is 17.7. The van der Waals surface area contributed by atoms with Gasteiger partial charge in [0.15, 0.2) is 15.0 Å². The topological polar surface area (TPSA) is 109 Å². The average molecular weight is 494 g/mol. The Labute approximate surface area is 197 Å². The van der Waals surface area contributed by atoms with E-state index in [0.717, 1.165) is 5.56 Å². The minimum absolute atomic E-state index is 0.0593. The number of amides is 1. The third-order valence-electron chi connectivity index (χ3n) is 5.18. The first-order valence-corrected chi connectivity index (χ1v) is 13.2. The molecule has 0 radical (unpaired) electrons. The molecule has 0 N–H and O–H groups in total. The van der Waals surface area contributed by atoms with E-state index in [1.165, 1.54) is 11.8 Å². The molecule has 3 rings (SSSR count). The third-order valence-corrected chi connectivity index (χ3v) is 8.32. The number of hydrogen-bond donors (Lipinski definition) is 0. The van der Waals surface area contributed by atoms with Crippen LogP contribution in [0.3, 0.4) is 0 Å². The van der Waals surface area contributed by atoms with E-state index in [0.29, 0.717) is 34.7 Å². The minimum Gasteiger partial charge on any atom is -0.311 e. The molecule has 0 saturated carbocycles. The SMILES string of the molecule is C=CCn1c(SCC(=O)N(CCC#N)c2ccc(Cl)c(C)c2)nnc1C1CCS(=O)(=O)C1. The number of thioether (sulfide) groups is 1. The number of carbonyl (C=O) groups is 1. The fourth-order valence-corrected chi connectivity index (χ4v) is 6.26. The Kier molecular flexibility index (Phi) is 7.98. The first-order valence-electron chi connectivity index (χ1n) is 10.1. The maximum atomic E-state index is 13.0. The highest BCUT2D eigenvalue weighted by Gasteiger charge is 2.33. The molecule has 1 amide bonds. The highest BCUT2D eigenvalue weighted by atomic mass is 35.5. The highest BCUT2D eigenvalue weighted by molar-refractivity contribution is 7.99. The van der Waals surface area contributed by atoms with Gasteiger partial charge in [-0.05, 0) is 37.1 Å². The number of sulfone groups is 1. The standard InChI is InChI=1S/C21H24ClN5O3S2/c1-3-9-27-20(16-7-11-32(29,30)14-16)24-25-21(27)31-13-19(28)26(10-4-8-23)17-5-6-18(22)15(2)12-17/h3,5-6,12,16H,1,4,7,9-11,13-14H2,2H3. The van der Waals surface area contributed by atoms with E-state index >= 15 is 0 Å². The molecular formula is C21H24ClN5O3S2. The van der Waals surface area contributed by atoms with Crippen LogP contribution >= 0.6 is 23.4 Å². The maximum absolute atomic E-state index is 13.0. The summed E-state index contributed by atoms with van der Waals surface area (Å²) in [4.78, 5) is 14.6. The lowest BCUT2D eigenvalue weighted by Crippen LogP contribution is -2.33. The lowest BCUT2D eigenvalue weighted by atomic mass is 10.1. The predicted molar refractivity (Wildman–Crippen MR) is 126 cm³/mol. The number of rotatable bonds is 9. The molecule has 1 aliphatic heterocycles. The Hall–Kier alpha value is -2.35. The van der Waals surface area contributed by atoms with Gasteiger partial charge in [-0.25, -0.2) is 8.42 Å². The van der Waals surface area contributed by atoms with Gasteiger partial charge in [-0.3, -0.25) is 4.79 Å². The monoisotopic (exact) mass is 493 g/mol. The molecular weight excluding hydrogens is 470 g/mol. The second-order valence-corrected chi connectivity index (χ2v) is 11.1. The highest BCUT2D eigenvalue weighted by Crippen LogP contribution is 2.30. The molecule has 1 aromatic heterocycles. The lowest BCUT2D eigenvalue weighted by Gasteiger charge is -2.22. The van der Waals surface area contributed by atoms with Crippen molar-refractivity contribution in [2.75, 3.05) is 28.7 Å².